The van der Waals surface area contributed by atoms with Crippen molar-refractivity contribution in [1.29, 1.82) is 0 Å². The highest BCUT2D eigenvalue weighted by molar-refractivity contribution is 6.30. The lowest BCUT2D eigenvalue weighted by atomic mass is 10.2. The average molecular weight is 364 g/mol. The lowest BCUT2D eigenvalue weighted by Crippen LogP contribution is -2.30. The van der Waals surface area contributed by atoms with Crippen LogP contribution >= 0.6 is 11.6 Å². The normalized spacial score (nSPS) is 11.4. The van der Waals surface area contributed by atoms with Gasteiger partial charge in [-0.25, -0.2) is 4.79 Å². The first kappa shape index (κ1) is 18.6. The van der Waals surface area contributed by atoms with Crippen molar-refractivity contribution < 1.29 is 23.8 Å². The summed E-state index contributed by atoms with van der Waals surface area (Å²) in [6.07, 6.45) is -0.986. The molecule has 1 N–H and O–H groups in total. The Morgan fingerprint density at radius 3 is 2.08 bits per heavy atom. The highest BCUT2D eigenvalue weighted by Crippen LogP contribution is 2.23. The minimum atomic E-state index is -0.986. The lowest BCUT2D eigenvalue weighted by Gasteiger charge is -2.14. The quantitative estimate of drug-likeness (QED) is 0.794. The van der Waals surface area contributed by atoms with E-state index in [1.165, 1.54) is 33.3 Å². The standard InChI is InChI=1S/C18H18ClNO5/c1-11(17(21)20-14-6-4-13(19)5-7-14)25-18(22)12-8-15(23-2)10-16(9-12)24-3/h4-11H,1-3H3,(H,20,21)/t11-/m1/s1. The van der Waals surface area contributed by atoms with Crippen LogP contribution in [0.2, 0.25) is 5.02 Å². The third kappa shape index (κ3) is 5.12. The number of halogens is 1. The van der Waals surface area contributed by atoms with Crippen LogP contribution in [0.25, 0.3) is 0 Å². The van der Waals surface area contributed by atoms with Crippen molar-refractivity contribution in [1.82, 2.24) is 0 Å². The molecule has 0 radical (unpaired) electrons. The first-order valence-electron chi connectivity index (χ1n) is 7.43. The van der Waals surface area contributed by atoms with Gasteiger partial charge in [0.05, 0.1) is 19.8 Å². The van der Waals surface area contributed by atoms with Gasteiger partial charge in [-0.2, -0.15) is 0 Å². The van der Waals surface area contributed by atoms with Gasteiger partial charge in [-0.1, -0.05) is 11.6 Å². The number of carbonyl (C=O) groups is 2. The molecule has 0 unspecified atom stereocenters. The predicted octanol–water partition coefficient (Wildman–Crippen LogP) is 3.54. The van der Waals surface area contributed by atoms with Crippen LogP contribution in [0, 0.1) is 0 Å². The summed E-state index contributed by atoms with van der Waals surface area (Å²) in [5.41, 5.74) is 0.780. The first-order valence-corrected chi connectivity index (χ1v) is 7.81. The molecule has 2 aromatic carbocycles. The van der Waals surface area contributed by atoms with Crippen LogP contribution in [-0.2, 0) is 9.53 Å². The summed E-state index contributed by atoms with van der Waals surface area (Å²) >= 11 is 5.79. The summed E-state index contributed by atoms with van der Waals surface area (Å²) < 4.78 is 15.4. The van der Waals surface area contributed by atoms with Crippen molar-refractivity contribution in [2.75, 3.05) is 19.5 Å². The van der Waals surface area contributed by atoms with Crippen LogP contribution in [0.15, 0.2) is 42.5 Å². The van der Waals surface area contributed by atoms with E-state index in [9.17, 15) is 9.59 Å². The van der Waals surface area contributed by atoms with E-state index < -0.39 is 18.0 Å². The largest absolute Gasteiger partial charge is 0.497 e. The Bertz CT molecular complexity index is 738. The highest BCUT2D eigenvalue weighted by Gasteiger charge is 2.20. The molecule has 0 bridgehead atoms. The van der Waals surface area contributed by atoms with Gasteiger partial charge in [-0.05, 0) is 43.3 Å². The molecule has 0 saturated heterocycles. The van der Waals surface area contributed by atoms with Gasteiger partial charge in [0.15, 0.2) is 6.10 Å². The van der Waals surface area contributed by atoms with Crippen molar-refractivity contribution >= 4 is 29.2 Å². The summed E-state index contributed by atoms with van der Waals surface area (Å²) in [5.74, 6) is -0.212. The summed E-state index contributed by atoms with van der Waals surface area (Å²) in [4.78, 5) is 24.4. The Hall–Kier alpha value is -2.73. The number of benzene rings is 2. The molecule has 0 aliphatic rings. The highest BCUT2D eigenvalue weighted by atomic mass is 35.5. The van der Waals surface area contributed by atoms with Crippen molar-refractivity contribution in [3.05, 3.63) is 53.1 Å². The fourth-order valence-electron chi connectivity index (χ4n) is 1.98. The van der Waals surface area contributed by atoms with E-state index >= 15 is 0 Å². The SMILES string of the molecule is COc1cc(OC)cc(C(=O)O[C@H](C)C(=O)Nc2ccc(Cl)cc2)c1. The first-order chi connectivity index (χ1) is 11.9. The number of hydrogen-bond donors (Lipinski definition) is 1. The second-order valence-corrected chi connectivity index (χ2v) is 5.58. The number of hydrogen-bond acceptors (Lipinski definition) is 5. The Morgan fingerprint density at radius 2 is 1.56 bits per heavy atom. The van der Waals surface area contributed by atoms with E-state index in [1.807, 2.05) is 0 Å². The number of rotatable bonds is 6. The van der Waals surface area contributed by atoms with E-state index in [0.29, 0.717) is 22.2 Å². The Balaban J connectivity index is 2.03. The van der Waals surface area contributed by atoms with Crippen LogP contribution in [0.4, 0.5) is 5.69 Å². The minimum absolute atomic E-state index is 0.224. The molecule has 0 heterocycles. The smallest absolute Gasteiger partial charge is 0.339 e. The topological polar surface area (TPSA) is 73.9 Å². The van der Waals surface area contributed by atoms with Crippen molar-refractivity contribution in [2.24, 2.45) is 0 Å². The molecular weight excluding hydrogens is 346 g/mol. The maximum Gasteiger partial charge on any atom is 0.339 e. The molecule has 6 nitrogen and oxygen atoms in total. The van der Waals surface area contributed by atoms with Crippen LogP contribution in [0.5, 0.6) is 11.5 Å². The number of ether oxygens (including phenoxy) is 3. The second kappa shape index (κ2) is 8.39. The Morgan fingerprint density at radius 1 is 1.00 bits per heavy atom. The predicted molar refractivity (Wildman–Crippen MR) is 94.5 cm³/mol. The van der Waals surface area contributed by atoms with Gasteiger partial charge < -0.3 is 19.5 Å². The van der Waals surface area contributed by atoms with Gasteiger partial charge in [0.25, 0.3) is 5.91 Å². The molecular formula is C18H18ClNO5. The second-order valence-electron chi connectivity index (χ2n) is 5.15. The van der Waals surface area contributed by atoms with Crippen molar-refractivity contribution in [2.45, 2.75) is 13.0 Å². The van der Waals surface area contributed by atoms with E-state index in [0.717, 1.165) is 0 Å². The molecule has 0 fully saturated rings. The van der Waals surface area contributed by atoms with Gasteiger partial charge in [-0.3, -0.25) is 4.79 Å². The van der Waals surface area contributed by atoms with E-state index in [1.54, 1.807) is 30.3 Å². The van der Waals surface area contributed by atoms with Crippen LogP contribution in [0.1, 0.15) is 17.3 Å². The number of esters is 1. The number of carbonyl (C=O) groups excluding carboxylic acids is 2. The maximum absolute atomic E-state index is 12.3. The fourth-order valence-corrected chi connectivity index (χ4v) is 2.11. The number of anilines is 1. The lowest BCUT2D eigenvalue weighted by molar-refractivity contribution is -0.123. The molecule has 1 amide bonds. The van der Waals surface area contributed by atoms with Crippen LogP contribution < -0.4 is 14.8 Å². The summed E-state index contributed by atoms with van der Waals surface area (Å²) in [5, 5.41) is 3.21. The molecule has 0 aliphatic heterocycles. The number of methoxy groups -OCH3 is 2. The number of nitrogens with one attached hydrogen (secondary N) is 1. The molecule has 0 aliphatic carbocycles. The minimum Gasteiger partial charge on any atom is -0.497 e. The van der Waals surface area contributed by atoms with E-state index in [4.69, 9.17) is 25.8 Å². The Kier molecular flexibility index (Phi) is 6.25. The summed E-state index contributed by atoms with van der Waals surface area (Å²) in [7, 11) is 2.96. The van der Waals surface area contributed by atoms with Gasteiger partial charge in [-0.15, -0.1) is 0 Å². The molecule has 132 valence electrons. The van der Waals surface area contributed by atoms with Gasteiger partial charge in [0, 0.05) is 16.8 Å². The molecule has 2 aromatic rings. The molecule has 0 spiro atoms. The van der Waals surface area contributed by atoms with Crippen LogP contribution in [0.3, 0.4) is 0 Å². The summed E-state index contributed by atoms with van der Waals surface area (Å²) in [6.45, 7) is 1.49. The van der Waals surface area contributed by atoms with Gasteiger partial charge in [0.1, 0.15) is 11.5 Å². The zero-order valence-electron chi connectivity index (χ0n) is 14.0. The van der Waals surface area contributed by atoms with Crippen molar-refractivity contribution in [3.63, 3.8) is 0 Å². The monoisotopic (exact) mass is 363 g/mol. The third-order valence-corrected chi connectivity index (χ3v) is 3.60. The summed E-state index contributed by atoms with van der Waals surface area (Å²) in [6, 6.07) is 11.3. The number of amides is 1. The molecule has 7 heteroatoms. The van der Waals surface area contributed by atoms with E-state index in [2.05, 4.69) is 5.32 Å². The Labute approximate surface area is 150 Å². The van der Waals surface area contributed by atoms with Crippen LogP contribution in [-0.4, -0.2) is 32.2 Å². The zero-order valence-corrected chi connectivity index (χ0v) is 14.8. The molecule has 25 heavy (non-hydrogen) atoms. The zero-order chi connectivity index (χ0) is 18.4. The van der Waals surface area contributed by atoms with Gasteiger partial charge in [0.2, 0.25) is 0 Å². The van der Waals surface area contributed by atoms with E-state index in [-0.39, 0.29) is 5.56 Å². The maximum atomic E-state index is 12.3. The molecule has 1 atom stereocenters. The van der Waals surface area contributed by atoms with Gasteiger partial charge >= 0.3 is 5.97 Å². The molecule has 0 aromatic heterocycles. The molecule has 0 saturated carbocycles. The third-order valence-electron chi connectivity index (χ3n) is 3.35. The molecule has 2 rings (SSSR count). The average Bonchev–Trinajstić information content (AvgIpc) is 2.62. The fraction of sp³-hybridized carbons (Fsp3) is 0.222. The van der Waals surface area contributed by atoms with Crippen molar-refractivity contribution in [3.8, 4) is 11.5 Å².